The standard InChI is InChI=1S/C35H27NS2/c1-20-14-21(2)16-25(15-20)33-35-28(29(19-36-33)24-10-6-5-7-11-24)18-31(38-35)32-22(3)17-27-26-12-8-9-13-30(26)37-34(27)23(32)4/h5-19H,1-4H3. The Labute approximate surface area is 231 Å². The van der Waals surface area contributed by atoms with Crippen LogP contribution in [-0.2, 0) is 0 Å². The van der Waals surface area contributed by atoms with Crippen molar-refractivity contribution in [1.82, 2.24) is 4.98 Å². The van der Waals surface area contributed by atoms with Crippen LogP contribution in [0.4, 0.5) is 0 Å². The number of hydrogen-bond acceptors (Lipinski definition) is 3. The Kier molecular flexibility index (Phi) is 5.47. The second-order valence-electron chi connectivity index (χ2n) is 10.3. The van der Waals surface area contributed by atoms with Crippen molar-refractivity contribution < 1.29 is 0 Å². The van der Waals surface area contributed by atoms with Crippen LogP contribution in [0, 0.1) is 27.7 Å². The van der Waals surface area contributed by atoms with E-state index in [0.717, 1.165) is 5.69 Å². The Morgan fingerprint density at radius 3 is 2.13 bits per heavy atom. The summed E-state index contributed by atoms with van der Waals surface area (Å²) in [7, 11) is 0. The molecule has 38 heavy (non-hydrogen) atoms. The first kappa shape index (κ1) is 23.3. The summed E-state index contributed by atoms with van der Waals surface area (Å²) in [6.07, 6.45) is 2.07. The number of pyridine rings is 1. The molecule has 0 aliphatic rings. The molecule has 0 aliphatic heterocycles. The molecule has 0 unspecified atom stereocenters. The molecule has 0 amide bonds. The van der Waals surface area contributed by atoms with Gasteiger partial charge in [-0.25, -0.2) is 0 Å². The molecule has 0 atom stereocenters. The highest BCUT2D eigenvalue weighted by Gasteiger charge is 2.20. The molecule has 3 aromatic heterocycles. The third-order valence-electron chi connectivity index (χ3n) is 7.49. The van der Waals surface area contributed by atoms with Crippen molar-refractivity contribution in [1.29, 1.82) is 0 Å². The van der Waals surface area contributed by atoms with Crippen LogP contribution in [-0.4, -0.2) is 4.98 Å². The first-order valence-corrected chi connectivity index (χ1v) is 14.6. The van der Waals surface area contributed by atoms with Crippen LogP contribution in [0.25, 0.3) is 63.1 Å². The minimum atomic E-state index is 1.07. The Morgan fingerprint density at radius 2 is 1.34 bits per heavy atom. The van der Waals surface area contributed by atoms with E-state index in [1.165, 1.54) is 79.6 Å². The number of rotatable bonds is 3. The fourth-order valence-electron chi connectivity index (χ4n) is 5.88. The number of aryl methyl sites for hydroxylation is 4. The van der Waals surface area contributed by atoms with Gasteiger partial charge < -0.3 is 0 Å². The van der Waals surface area contributed by atoms with Gasteiger partial charge in [0.05, 0.1) is 10.4 Å². The minimum Gasteiger partial charge on any atom is -0.254 e. The Morgan fingerprint density at radius 1 is 0.605 bits per heavy atom. The van der Waals surface area contributed by atoms with E-state index in [0.29, 0.717) is 0 Å². The minimum absolute atomic E-state index is 1.07. The van der Waals surface area contributed by atoms with Gasteiger partial charge in [-0.05, 0) is 80.3 Å². The lowest BCUT2D eigenvalue weighted by Crippen LogP contribution is -1.89. The van der Waals surface area contributed by atoms with E-state index in [4.69, 9.17) is 4.98 Å². The fourth-order valence-corrected chi connectivity index (χ4v) is 8.42. The molecular weight excluding hydrogens is 499 g/mol. The van der Waals surface area contributed by atoms with Crippen molar-refractivity contribution in [3.63, 3.8) is 0 Å². The topological polar surface area (TPSA) is 12.9 Å². The van der Waals surface area contributed by atoms with Gasteiger partial charge in [-0.2, -0.15) is 0 Å². The van der Waals surface area contributed by atoms with Crippen molar-refractivity contribution in [2.24, 2.45) is 0 Å². The highest BCUT2D eigenvalue weighted by Crippen LogP contribution is 2.47. The molecule has 0 radical (unpaired) electrons. The summed E-state index contributed by atoms with van der Waals surface area (Å²) in [5.74, 6) is 0. The van der Waals surface area contributed by atoms with Crippen LogP contribution in [0.2, 0.25) is 0 Å². The van der Waals surface area contributed by atoms with E-state index in [1.54, 1.807) is 0 Å². The van der Waals surface area contributed by atoms with Crippen LogP contribution in [0.5, 0.6) is 0 Å². The maximum absolute atomic E-state index is 5.08. The smallest absolute Gasteiger partial charge is 0.0880 e. The van der Waals surface area contributed by atoms with Gasteiger partial charge >= 0.3 is 0 Å². The summed E-state index contributed by atoms with van der Waals surface area (Å²) >= 11 is 3.79. The summed E-state index contributed by atoms with van der Waals surface area (Å²) in [5.41, 5.74) is 11.2. The van der Waals surface area contributed by atoms with Crippen LogP contribution in [0.15, 0.2) is 91.1 Å². The molecule has 1 nitrogen and oxygen atoms in total. The molecule has 0 N–H and O–H groups in total. The van der Waals surface area contributed by atoms with Gasteiger partial charge in [0.2, 0.25) is 0 Å². The number of aromatic nitrogens is 1. The van der Waals surface area contributed by atoms with Crippen molar-refractivity contribution >= 4 is 52.9 Å². The molecule has 3 heterocycles. The molecule has 0 spiro atoms. The molecule has 0 fully saturated rings. The molecular formula is C35H27NS2. The summed E-state index contributed by atoms with van der Waals surface area (Å²) in [6.45, 7) is 8.89. The lowest BCUT2D eigenvalue weighted by atomic mass is 9.96. The number of hydrogen-bond donors (Lipinski definition) is 0. The number of nitrogens with zero attached hydrogens (tertiary/aromatic N) is 1. The van der Waals surface area contributed by atoms with Crippen LogP contribution < -0.4 is 0 Å². The third-order valence-corrected chi connectivity index (χ3v) is 9.96. The van der Waals surface area contributed by atoms with Gasteiger partial charge in [0, 0.05) is 47.8 Å². The van der Waals surface area contributed by atoms with Crippen molar-refractivity contribution in [3.05, 3.63) is 113 Å². The molecule has 184 valence electrons. The van der Waals surface area contributed by atoms with Gasteiger partial charge in [0.15, 0.2) is 0 Å². The Balaban J connectivity index is 1.53. The molecule has 3 heteroatoms. The third kappa shape index (κ3) is 3.69. The first-order chi connectivity index (χ1) is 18.5. The highest BCUT2D eigenvalue weighted by atomic mass is 32.1. The zero-order chi connectivity index (χ0) is 26.0. The number of benzene rings is 4. The highest BCUT2D eigenvalue weighted by molar-refractivity contribution is 7.26. The second-order valence-corrected chi connectivity index (χ2v) is 12.4. The van der Waals surface area contributed by atoms with E-state index in [1.807, 2.05) is 22.7 Å². The van der Waals surface area contributed by atoms with E-state index in [2.05, 4.69) is 119 Å². The largest absolute Gasteiger partial charge is 0.254 e. The maximum Gasteiger partial charge on any atom is 0.0880 e. The quantitative estimate of drug-likeness (QED) is 0.223. The average Bonchev–Trinajstić information content (AvgIpc) is 3.50. The lowest BCUT2D eigenvalue weighted by Gasteiger charge is -2.09. The second kappa shape index (κ2) is 8.90. The van der Waals surface area contributed by atoms with Gasteiger partial charge in [-0.15, -0.1) is 22.7 Å². The van der Waals surface area contributed by atoms with Crippen molar-refractivity contribution in [2.75, 3.05) is 0 Å². The van der Waals surface area contributed by atoms with Crippen LogP contribution in [0.1, 0.15) is 22.3 Å². The predicted molar refractivity (Wildman–Crippen MR) is 168 cm³/mol. The summed E-state index contributed by atoms with van der Waals surface area (Å²) in [5, 5.41) is 4.00. The van der Waals surface area contributed by atoms with E-state index in [9.17, 15) is 0 Å². The first-order valence-electron chi connectivity index (χ1n) is 13.0. The molecule has 0 saturated carbocycles. The molecule has 4 aromatic carbocycles. The van der Waals surface area contributed by atoms with Gasteiger partial charge in [-0.3, -0.25) is 4.98 Å². The SMILES string of the molecule is Cc1cc(C)cc(-c2ncc(-c3ccccc3)c3cc(-c4c(C)cc5c(sc6ccccc65)c4C)sc23)c1. The number of thiophene rings is 2. The molecule has 0 saturated heterocycles. The Bertz CT molecular complexity index is 1990. The molecule has 7 rings (SSSR count). The van der Waals surface area contributed by atoms with Crippen LogP contribution in [0.3, 0.4) is 0 Å². The lowest BCUT2D eigenvalue weighted by molar-refractivity contribution is 1.33. The normalized spacial score (nSPS) is 11.7. The summed E-state index contributed by atoms with van der Waals surface area (Å²) < 4.78 is 3.99. The van der Waals surface area contributed by atoms with Crippen LogP contribution >= 0.6 is 22.7 Å². The summed E-state index contributed by atoms with van der Waals surface area (Å²) in [4.78, 5) is 6.39. The Hall–Kier alpha value is -3.79. The van der Waals surface area contributed by atoms with Gasteiger partial charge in [-0.1, -0.05) is 65.7 Å². The van der Waals surface area contributed by atoms with Crippen molar-refractivity contribution in [3.8, 4) is 32.8 Å². The van der Waals surface area contributed by atoms with Crippen molar-refractivity contribution in [2.45, 2.75) is 27.7 Å². The van der Waals surface area contributed by atoms with E-state index >= 15 is 0 Å². The number of fused-ring (bicyclic) bond motifs is 4. The predicted octanol–water partition coefficient (Wildman–Crippen LogP) is 10.9. The monoisotopic (exact) mass is 525 g/mol. The van der Waals surface area contributed by atoms with E-state index in [-0.39, 0.29) is 0 Å². The zero-order valence-corrected chi connectivity index (χ0v) is 23.6. The van der Waals surface area contributed by atoms with Gasteiger partial charge in [0.25, 0.3) is 0 Å². The zero-order valence-electron chi connectivity index (χ0n) is 21.9. The van der Waals surface area contributed by atoms with E-state index < -0.39 is 0 Å². The van der Waals surface area contributed by atoms with Gasteiger partial charge in [0.1, 0.15) is 0 Å². The molecule has 7 aromatic rings. The molecule has 0 aliphatic carbocycles. The average molecular weight is 526 g/mol. The maximum atomic E-state index is 5.08. The fraction of sp³-hybridized carbons (Fsp3) is 0.114. The summed E-state index contributed by atoms with van der Waals surface area (Å²) in [6, 6.07) is 31.0. The molecule has 0 bridgehead atoms.